The molecule has 10 nitrogen and oxygen atoms in total. The smallest absolute Gasteiger partial charge is 0.261 e. The van der Waals surface area contributed by atoms with Crippen LogP contribution in [-0.2, 0) is 21.4 Å². The van der Waals surface area contributed by atoms with Crippen molar-refractivity contribution in [2.75, 3.05) is 24.2 Å². The van der Waals surface area contributed by atoms with Crippen LogP contribution in [0.2, 0.25) is 0 Å². The van der Waals surface area contributed by atoms with Crippen LogP contribution in [0.1, 0.15) is 19.7 Å². The molecule has 0 spiro atoms. The number of sulfonamides is 1. The Bertz CT molecular complexity index is 1180. The molecule has 0 bridgehead atoms. The summed E-state index contributed by atoms with van der Waals surface area (Å²) < 4.78 is 40.6. The van der Waals surface area contributed by atoms with E-state index in [1.54, 1.807) is 31.2 Å². The Morgan fingerprint density at radius 1 is 1.12 bits per heavy atom. The first-order valence-electron chi connectivity index (χ1n) is 10.2. The van der Waals surface area contributed by atoms with Crippen molar-refractivity contribution in [2.24, 2.45) is 0 Å². The average molecular weight is 475 g/mol. The predicted octanol–water partition coefficient (Wildman–Crippen LogP) is 2.61. The average Bonchev–Trinajstić information content (AvgIpc) is 3.26. The van der Waals surface area contributed by atoms with Gasteiger partial charge in [-0.15, -0.1) is 0 Å². The lowest BCUT2D eigenvalue weighted by atomic mass is 10.2. The van der Waals surface area contributed by atoms with Gasteiger partial charge < -0.3 is 19.3 Å². The number of hydrogen-bond donors (Lipinski definition) is 1. The summed E-state index contributed by atoms with van der Waals surface area (Å²) in [5.41, 5.74) is 1.25. The van der Waals surface area contributed by atoms with Gasteiger partial charge in [0.1, 0.15) is 11.5 Å². The van der Waals surface area contributed by atoms with Crippen LogP contribution in [0.25, 0.3) is 11.4 Å². The summed E-state index contributed by atoms with van der Waals surface area (Å²) in [4.78, 5) is 16.7. The predicted molar refractivity (Wildman–Crippen MR) is 123 cm³/mol. The topological polar surface area (TPSA) is 124 Å². The van der Waals surface area contributed by atoms with Crippen molar-refractivity contribution in [3.05, 3.63) is 54.4 Å². The first kappa shape index (κ1) is 24.1. The molecule has 0 radical (unpaired) electrons. The molecule has 0 aliphatic carbocycles. The Morgan fingerprint density at radius 3 is 2.36 bits per heavy atom. The molecule has 3 rings (SSSR count). The summed E-state index contributed by atoms with van der Waals surface area (Å²) in [5, 5.41) is 6.63. The number of aromatic nitrogens is 2. The van der Waals surface area contributed by atoms with Crippen LogP contribution in [0.5, 0.6) is 11.5 Å². The third-order valence-corrected chi connectivity index (χ3v) is 5.89. The maximum Gasteiger partial charge on any atom is 0.261 e. The van der Waals surface area contributed by atoms with Gasteiger partial charge in [0.15, 0.2) is 6.10 Å². The number of rotatable bonds is 10. The molecule has 1 N–H and O–H groups in total. The molecular weight excluding hydrogens is 448 g/mol. The number of amides is 1. The summed E-state index contributed by atoms with van der Waals surface area (Å²) in [5.74, 6) is 1.48. The molecule has 0 aliphatic heterocycles. The van der Waals surface area contributed by atoms with E-state index < -0.39 is 16.1 Å². The van der Waals surface area contributed by atoms with Crippen molar-refractivity contribution in [1.29, 1.82) is 0 Å². The highest BCUT2D eigenvalue weighted by Crippen LogP contribution is 2.22. The van der Waals surface area contributed by atoms with E-state index in [-0.39, 0.29) is 18.3 Å². The van der Waals surface area contributed by atoms with Crippen LogP contribution >= 0.6 is 0 Å². The number of nitrogens with one attached hydrogen (secondary N) is 1. The Balaban J connectivity index is 1.52. The molecular formula is C22H26N4O6S. The third kappa shape index (κ3) is 6.45. The third-order valence-electron chi connectivity index (χ3n) is 4.69. The molecule has 0 fully saturated rings. The SMILES string of the molecule is CCOc1ccc(-c2noc(CNC(=O)C(C)Oc3ccc(N(C)S(C)(=O)=O)cc3)n2)cc1. The number of anilines is 1. The lowest BCUT2D eigenvalue weighted by molar-refractivity contribution is -0.127. The van der Waals surface area contributed by atoms with E-state index in [1.165, 1.54) is 7.05 Å². The van der Waals surface area contributed by atoms with Crippen molar-refractivity contribution in [3.8, 4) is 22.9 Å². The normalized spacial score (nSPS) is 12.1. The van der Waals surface area contributed by atoms with Gasteiger partial charge >= 0.3 is 0 Å². The molecule has 176 valence electrons. The summed E-state index contributed by atoms with van der Waals surface area (Å²) in [6, 6.07) is 13.7. The highest BCUT2D eigenvalue weighted by molar-refractivity contribution is 7.92. The zero-order valence-corrected chi connectivity index (χ0v) is 19.6. The zero-order valence-electron chi connectivity index (χ0n) is 18.8. The Labute approximate surface area is 192 Å². The largest absolute Gasteiger partial charge is 0.494 e. The summed E-state index contributed by atoms with van der Waals surface area (Å²) >= 11 is 0. The maximum atomic E-state index is 12.4. The standard InChI is InChI=1S/C22H26N4O6S/c1-5-30-18-10-6-16(7-11-18)21-24-20(32-25-21)14-23-22(27)15(2)31-19-12-8-17(9-13-19)26(3)33(4,28)29/h6-13,15H,5,14H2,1-4H3,(H,23,27). The molecule has 0 saturated heterocycles. The lowest BCUT2D eigenvalue weighted by Gasteiger charge is -2.18. The number of carbonyl (C=O) groups is 1. The van der Waals surface area contributed by atoms with Crippen LogP contribution in [0.15, 0.2) is 53.1 Å². The second-order valence-electron chi connectivity index (χ2n) is 7.17. The van der Waals surface area contributed by atoms with Crippen molar-refractivity contribution in [3.63, 3.8) is 0 Å². The van der Waals surface area contributed by atoms with Gasteiger partial charge in [-0.1, -0.05) is 5.16 Å². The van der Waals surface area contributed by atoms with Gasteiger partial charge in [-0.2, -0.15) is 4.98 Å². The van der Waals surface area contributed by atoms with Gasteiger partial charge in [-0.05, 0) is 62.4 Å². The lowest BCUT2D eigenvalue weighted by Crippen LogP contribution is -2.36. The van der Waals surface area contributed by atoms with Gasteiger partial charge in [0.05, 0.1) is 25.1 Å². The number of ether oxygens (including phenoxy) is 2. The molecule has 0 saturated carbocycles. The van der Waals surface area contributed by atoms with Crippen molar-refractivity contribution in [2.45, 2.75) is 26.5 Å². The molecule has 1 unspecified atom stereocenters. The van der Waals surface area contributed by atoms with Gasteiger partial charge in [-0.25, -0.2) is 8.42 Å². The minimum absolute atomic E-state index is 0.0503. The molecule has 2 aromatic carbocycles. The van der Waals surface area contributed by atoms with Gasteiger partial charge in [0.2, 0.25) is 21.7 Å². The van der Waals surface area contributed by atoms with E-state index >= 15 is 0 Å². The molecule has 33 heavy (non-hydrogen) atoms. The minimum Gasteiger partial charge on any atom is -0.494 e. The summed E-state index contributed by atoms with van der Waals surface area (Å²) in [6.45, 7) is 4.15. The van der Waals surface area contributed by atoms with Gasteiger partial charge in [0.25, 0.3) is 5.91 Å². The van der Waals surface area contributed by atoms with E-state index in [2.05, 4.69) is 15.5 Å². The summed E-state index contributed by atoms with van der Waals surface area (Å²) in [7, 11) is -1.90. The molecule has 1 aromatic heterocycles. The van der Waals surface area contributed by atoms with Crippen molar-refractivity contribution < 1.29 is 27.2 Å². The number of benzene rings is 2. The molecule has 11 heteroatoms. The van der Waals surface area contributed by atoms with Crippen LogP contribution in [-0.4, -0.2) is 50.5 Å². The fourth-order valence-corrected chi connectivity index (χ4v) is 3.31. The quantitative estimate of drug-likeness (QED) is 0.476. The van der Waals surface area contributed by atoms with Crippen molar-refractivity contribution >= 4 is 21.6 Å². The Kier molecular flexibility index (Phi) is 7.54. The highest BCUT2D eigenvalue weighted by atomic mass is 32.2. The zero-order chi connectivity index (χ0) is 24.0. The van der Waals surface area contributed by atoms with Crippen LogP contribution in [0.4, 0.5) is 5.69 Å². The molecule has 1 atom stereocenters. The first-order chi connectivity index (χ1) is 15.7. The second kappa shape index (κ2) is 10.3. The fourth-order valence-electron chi connectivity index (χ4n) is 2.80. The van der Waals surface area contributed by atoms with E-state index in [0.29, 0.717) is 23.9 Å². The van der Waals surface area contributed by atoms with Gasteiger partial charge in [-0.3, -0.25) is 9.10 Å². The minimum atomic E-state index is -3.36. The van der Waals surface area contributed by atoms with E-state index in [0.717, 1.165) is 21.9 Å². The van der Waals surface area contributed by atoms with Crippen LogP contribution in [0, 0.1) is 0 Å². The maximum absolute atomic E-state index is 12.4. The van der Waals surface area contributed by atoms with E-state index in [9.17, 15) is 13.2 Å². The highest BCUT2D eigenvalue weighted by Gasteiger charge is 2.17. The molecule has 0 aliphatic rings. The Hall–Kier alpha value is -3.60. The molecule has 3 aromatic rings. The first-order valence-corrected chi connectivity index (χ1v) is 12.1. The monoisotopic (exact) mass is 474 g/mol. The van der Waals surface area contributed by atoms with E-state index in [4.69, 9.17) is 14.0 Å². The van der Waals surface area contributed by atoms with E-state index in [1.807, 2.05) is 31.2 Å². The second-order valence-corrected chi connectivity index (χ2v) is 9.19. The number of hydrogen-bond acceptors (Lipinski definition) is 8. The number of nitrogens with zero attached hydrogens (tertiary/aromatic N) is 3. The van der Waals surface area contributed by atoms with Crippen molar-refractivity contribution in [1.82, 2.24) is 15.5 Å². The van der Waals surface area contributed by atoms with Crippen LogP contribution < -0.4 is 19.1 Å². The van der Waals surface area contributed by atoms with Crippen LogP contribution in [0.3, 0.4) is 0 Å². The summed E-state index contributed by atoms with van der Waals surface area (Å²) in [6.07, 6.45) is 0.325. The van der Waals surface area contributed by atoms with Gasteiger partial charge in [0, 0.05) is 12.6 Å². The molecule has 1 amide bonds. The molecule has 1 heterocycles. The Morgan fingerprint density at radius 2 is 1.76 bits per heavy atom. The fraction of sp³-hybridized carbons (Fsp3) is 0.318. The number of carbonyl (C=O) groups excluding carboxylic acids is 1.